The lowest BCUT2D eigenvalue weighted by atomic mass is 9.70. The normalized spacial score (nSPS) is 26.3. The van der Waals surface area contributed by atoms with E-state index in [9.17, 15) is 24.3 Å². The molecule has 1 spiro atoms. The molecule has 0 saturated carbocycles. The van der Waals surface area contributed by atoms with Crippen LogP contribution in [0.3, 0.4) is 0 Å². The average molecular weight is 779 g/mol. The number of benzene rings is 2. The maximum absolute atomic E-state index is 14.9. The molecule has 2 aromatic rings. The molecule has 280 valence electrons. The van der Waals surface area contributed by atoms with E-state index in [2.05, 4.69) is 41.3 Å². The minimum atomic E-state index is -1.34. The zero-order chi connectivity index (χ0) is 37.4. The molecule has 0 aromatic heterocycles. The van der Waals surface area contributed by atoms with Gasteiger partial charge in [-0.3, -0.25) is 19.2 Å². The number of carbonyl (C=O) groups excluding carboxylic acids is 4. The van der Waals surface area contributed by atoms with Crippen LogP contribution in [-0.2, 0) is 35.1 Å². The summed E-state index contributed by atoms with van der Waals surface area (Å²) >= 11 is 3.76. The van der Waals surface area contributed by atoms with Crippen molar-refractivity contribution in [1.29, 1.82) is 0 Å². The molecule has 3 fully saturated rings. The summed E-state index contributed by atoms with van der Waals surface area (Å²) in [7, 11) is 0. The maximum atomic E-state index is 14.9. The zero-order valence-corrected chi connectivity index (χ0v) is 31.8. The summed E-state index contributed by atoms with van der Waals surface area (Å²) in [6.07, 6.45) is 5.82. The van der Waals surface area contributed by atoms with Gasteiger partial charge in [0.2, 0.25) is 17.7 Å². The highest BCUT2D eigenvalue weighted by atomic mass is 79.9. The predicted molar refractivity (Wildman–Crippen MR) is 202 cm³/mol. The van der Waals surface area contributed by atoms with E-state index >= 15 is 0 Å². The first-order valence-electron chi connectivity index (χ1n) is 18.5. The Morgan fingerprint density at radius 2 is 1.81 bits per heavy atom. The largest absolute Gasteiger partial charge is 0.455 e. The molecule has 5 rings (SSSR count). The number of unbranched alkanes of at least 4 members (excludes halogenated alkanes) is 2. The number of esters is 1. The Kier molecular flexibility index (Phi) is 13.5. The van der Waals surface area contributed by atoms with Gasteiger partial charge in [-0.05, 0) is 43.7 Å². The molecule has 2 N–H and O–H groups in total. The van der Waals surface area contributed by atoms with Crippen molar-refractivity contribution in [3.8, 4) is 0 Å². The number of rotatable bonds is 19. The van der Waals surface area contributed by atoms with Gasteiger partial charge in [0.05, 0.1) is 36.6 Å². The highest BCUT2D eigenvalue weighted by Gasteiger charge is 2.77. The third-order valence-corrected chi connectivity index (χ3v) is 11.5. The van der Waals surface area contributed by atoms with Gasteiger partial charge >= 0.3 is 5.97 Å². The molecule has 2 bridgehead atoms. The number of nitrogens with one attached hydrogen (secondary N) is 1. The van der Waals surface area contributed by atoms with Gasteiger partial charge in [-0.2, -0.15) is 0 Å². The van der Waals surface area contributed by atoms with Crippen LogP contribution >= 0.6 is 15.9 Å². The first-order valence-corrected chi connectivity index (χ1v) is 19.4. The fourth-order valence-corrected chi connectivity index (χ4v) is 9.20. The standard InChI is InChI=1S/C41H52BrN3O7/c1-5-8-16-23-44(22-7-3)39(49)37-41-25-31(42)36(52-41)33(34(41)38(48)45(37)30(26-46)24-28-17-12-10-13-18-28)40(50)51-35(29-19-14-11-15-20-29)27(4)43-32(47)21-9-6-2/h6-7,10-15,17-20,27,30-31,33-37,46H,2-3,5,8-9,16,21-26H2,1,4H3,(H,43,47)/t27-,30+,31?,33-,34+,35-,36-,37-,41+/m0/s1. The lowest BCUT2D eigenvalue weighted by Gasteiger charge is -2.39. The molecule has 3 heterocycles. The number of aliphatic hydroxyl groups is 1. The SMILES string of the molecule is C=CCCC(=O)N[C@@H](C)[C@H](OC(=O)[C@@H]1[C@H]2O[C@@]3(CC2Br)[C@H](C(=O)N(CC=C)CCCCC)N([C@@H](CO)Cc2ccccc2)C(=O)[C@@H]13)c1ccccc1. The molecule has 0 aliphatic carbocycles. The highest BCUT2D eigenvalue weighted by Crippen LogP contribution is 2.61. The number of likely N-dealkylation sites (tertiary alicyclic amines) is 1. The molecular formula is C41H52BrN3O7. The Bertz CT molecular complexity index is 1570. The smallest absolute Gasteiger partial charge is 0.313 e. The molecule has 52 heavy (non-hydrogen) atoms. The van der Waals surface area contributed by atoms with Crippen LogP contribution in [0.1, 0.15) is 69.6 Å². The molecule has 10 nitrogen and oxygen atoms in total. The molecule has 2 aromatic carbocycles. The summed E-state index contributed by atoms with van der Waals surface area (Å²) < 4.78 is 13.1. The number of alkyl halides is 1. The van der Waals surface area contributed by atoms with Crippen LogP contribution in [-0.4, -0.2) is 93.0 Å². The number of fused-ring (bicyclic) bond motifs is 1. The molecule has 11 heteroatoms. The summed E-state index contributed by atoms with van der Waals surface area (Å²) in [5.74, 6) is -3.60. The minimum absolute atomic E-state index is 0.202. The van der Waals surface area contributed by atoms with Gasteiger partial charge in [0, 0.05) is 24.3 Å². The number of hydrogen-bond acceptors (Lipinski definition) is 7. The molecule has 3 aliphatic rings. The van der Waals surface area contributed by atoms with Gasteiger partial charge < -0.3 is 29.7 Å². The van der Waals surface area contributed by atoms with Gasteiger partial charge in [-0.1, -0.05) is 109 Å². The zero-order valence-electron chi connectivity index (χ0n) is 30.2. The van der Waals surface area contributed by atoms with Crippen molar-refractivity contribution in [1.82, 2.24) is 15.1 Å². The van der Waals surface area contributed by atoms with E-state index in [1.165, 1.54) is 4.90 Å². The summed E-state index contributed by atoms with van der Waals surface area (Å²) in [6, 6.07) is 16.3. The number of ether oxygens (including phenoxy) is 2. The second-order valence-electron chi connectivity index (χ2n) is 14.2. The Morgan fingerprint density at radius 1 is 1.12 bits per heavy atom. The van der Waals surface area contributed by atoms with Gasteiger partial charge in [-0.25, -0.2) is 0 Å². The van der Waals surface area contributed by atoms with Crippen molar-refractivity contribution in [2.75, 3.05) is 19.7 Å². The third-order valence-electron chi connectivity index (χ3n) is 10.6. The van der Waals surface area contributed by atoms with Crippen molar-refractivity contribution in [3.63, 3.8) is 0 Å². The van der Waals surface area contributed by atoms with E-state index in [4.69, 9.17) is 9.47 Å². The quantitative estimate of drug-likeness (QED) is 0.0859. The van der Waals surface area contributed by atoms with Gasteiger partial charge in [0.25, 0.3) is 0 Å². The van der Waals surface area contributed by atoms with Crippen LogP contribution < -0.4 is 5.32 Å². The van der Waals surface area contributed by atoms with Crippen molar-refractivity contribution >= 4 is 39.6 Å². The third kappa shape index (κ3) is 8.06. The second-order valence-corrected chi connectivity index (χ2v) is 15.3. The van der Waals surface area contributed by atoms with Crippen molar-refractivity contribution < 1.29 is 33.8 Å². The number of carbonyl (C=O) groups is 4. The second kappa shape index (κ2) is 17.8. The Labute approximate surface area is 315 Å². The van der Waals surface area contributed by atoms with Crippen LogP contribution in [0.4, 0.5) is 0 Å². The monoisotopic (exact) mass is 777 g/mol. The fourth-order valence-electron chi connectivity index (χ4n) is 8.26. The number of nitrogens with zero attached hydrogens (tertiary/aromatic N) is 2. The van der Waals surface area contributed by atoms with Crippen molar-refractivity contribution in [3.05, 3.63) is 97.1 Å². The minimum Gasteiger partial charge on any atom is -0.455 e. The van der Waals surface area contributed by atoms with Crippen LogP contribution in [0.25, 0.3) is 0 Å². The van der Waals surface area contributed by atoms with Gasteiger partial charge in [0.15, 0.2) is 0 Å². The Hall–Kier alpha value is -3.80. The molecule has 3 saturated heterocycles. The molecular weight excluding hydrogens is 726 g/mol. The number of hydrogen-bond donors (Lipinski definition) is 2. The van der Waals surface area contributed by atoms with E-state index in [1.807, 2.05) is 60.7 Å². The Balaban J connectivity index is 1.52. The van der Waals surface area contributed by atoms with Gasteiger partial charge in [0.1, 0.15) is 17.7 Å². The number of allylic oxidation sites excluding steroid dienone is 1. The average Bonchev–Trinajstić information content (AvgIpc) is 3.75. The predicted octanol–water partition coefficient (Wildman–Crippen LogP) is 5.30. The van der Waals surface area contributed by atoms with Crippen molar-refractivity contribution in [2.45, 2.75) is 99.6 Å². The molecule has 3 amide bonds. The molecule has 0 radical (unpaired) electrons. The van der Waals surface area contributed by atoms with E-state index in [1.54, 1.807) is 24.0 Å². The van der Waals surface area contributed by atoms with Crippen LogP contribution in [0.15, 0.2) is 86.0 Å². The Morgan fingerprint density at radius 3 is 2.44 bits per heavy atom. The van der Waals surface area contributed by atoms with Crippen LogP contribution in [0.2, 0.25) is 0 Å². The number of aliphatic hydroxyl groups excluding tert-OH is 1. The summed E-state index contributed by atoms with van der Waals surface area (Å²) in [4.78, 5) is 59.9. The van der Waals surface area contributed by atoms with E-state index in [0.717, 1.165) is 24.8 Å². The lowest BCUT2D eigenvalue weighted by molar-refractivity contribution is -0.162. The lowest BCUT2D eigenvalue weighted by Crippen LogP contribution is -2.59. The van der Waals surface area contributed by atoms with Crippen LogP contribution in [0, 0.1) is 11.8 Å². The number of halogens is 1. The topological polar surface area (TPSA) is 125 Å². The van der Waals surface area contributed by atoms with E-state index in [-0.39, 0.29) is 36.2 Å². The van der Waals surface area contributed by atoms with Crippen LogP contribution in [0.5, 0.6) is 0 Å². The molecule has 1 unspecified atom stereocenters. The first kappa shape index (κ1) is 39.4. The van der Waals surface area contributed by atoms with Crippen molar-refractivity contribution in [2.24, 2.45) is 11.8 Å². The fraction of sp³-hybridized carbons (Fsp3) is 0.512. The molecule has 9 atom stereocenters. The highest BCUT2D eigenvalue weighted by molar-refractivity contribution is 9.09. The maximum Gasteiger partial charge on any atom is 0.313 e. The van der Waals surface area contributed by atoms with Gasteiger partial charge in [-0.15, -0.1) is 13.2 Å². The molecule has 3 aliphatic heterocycles. The summed E-state index contributed by atoms with van der Waals surface area (Å²) in [5.41, 5.74) is 0.247. The van der Waals surface area contributed by atoms with E-state index in [0.29, 0.717) is 31.4 Å². The first-order chi connectivity index (χ1) is 25.1. The van der Waals surface area contributed by atoms with E-state index < -0.39 is 59.6 Å². The summed E-state index contributed by atoms with van der Waals surface area (Å²) in [6.45, 7) is 11.8. The number of amides is 3. The summed E-state index contributed by atoms with van der Waals surface area (Å²) in [5, 5.41) is 13.8.